The summed E-state index contributed by atoms with van der Waals surface area (Å²) in [5.74, 6) is 0.742. The zero-order chi connectivity index (χ0) is 14.8. The first-order chi connectivity index (χ1) is 9.51. The highest BCUT2D eigenvalue weighted by Gasteiger charge is 2.25. The Labute approximate surface area is 142 Å². The van der Waals surface area contributed by atoms with Gasteiger partial charge in [-0.1, -0.05) is 19.3 Å². The van der Waals surface area contributed by atoms with Gasteiger partial charge in [-0.05, 0) is 32.6 Å². The molecule has 0 heterocycles. The standard InChI is InChI=1S/C14H26F3N3.HI/c1-2-18-13(20-12-8-4-3-5-9-12)19-11-7-6-10-14(15,16)17;/h12H,2-11H2,1H3,(H2,18,19,20);1H. The fourth-order valence-electron chi connectivity index (χ4n) is 2.39. The second-order valence-corrected chi connectivity index (χ2v) is 5.31. The van der Waals surface area contributed by atoms with E-state index in [9.17, 15) is 13.2 Å². The van der Waals surface area contributed by atoms with Gasteiger partial charge in [0.15, 0.2) is 5.96 Å². The van der Waals surface area contributed by atoms with E-state index in [1.54, 1.807) is 0 Å². The number of hydrogen-bond acceptors (Lipinski definition) is 1. The van der Waals surface area contributed by atoms with E-state index in [-0.39, 0.29) is 30.4 Å². The van der Waals surface area contributed by atoms with Crippen LogP contribution in [0.25, 0.3) is 0 Å². The minimum absolute atomic E-state index is 0. The summed E-state index contributed by atoms with van der Waals surface area (Å²) in [5, 5.41) is 6.53. The van der Waals surface area contributed by atoms with Crippen molar-refractivity contribution in [2.75, 3.05) is 13.1 Å². The molecule has 0 aromatic rings. The number of guanidine groups is 1. The fraction of sp³-hybridized carbons (Fsp3) is 0.929. The largest absolute Gasteiger partial charge is 0.389 e. The van der Waals surface area contributed by atoms with Crippen molar-refractivity contribution in [1.82, 2.24) is 10.6 Å². The van der Waals surface area contributed by atoms with Crippen LogP contribution >= 0.6 is 24.0 Å². The van der Waals surface area contributed by atoms with Gasteiger partial charge in [-0.25, -0.2) is 0 Å². The molecule has 0 radical (unpaired) electrons. The molecule has 1 aliphatic rings. The van der Waals surface area contributed by atoms with E-state index in [4.69, 9.17) is 0 Å². The van der Waals surface area contributed by atoms with Gasteiger partial charge in [0, 0.05) is 25.6 Å². The van der Waals surface area contributed by atoms with E-state index in [2.05, 4.69) is 15.6 Å². The van der Waals surface area contributed by atoms with Crippen molar-refractivity contribution in [2.45, 2.75) is 70.5 Å². The monoisotopic (exact) mass is 421 g/mol. The molecular weight excluding hydrogens is 394 g/mol. The molecule has 0 aromatic heterocycles. The summed E-state index contributed by atoms with van der Waals surface area (Å²) in [6, 6.07) is 0.455. The Kier molecular flexibility index (Phi) is 11.3. The van der Waals surface area contributed by atoms with Crippen molar-refractivity contribution in [3.8, 4) is 0 Å². The first kappa shape index (κ1) is 20.8. The molecule has 0 aliphatic heterocycles. The molecule has 126 valence electrons. The van der Waals surface area contributed by atoms with Crippen LogP contribution in [0.3, 0.4) is 0 Å². The number of aliphatic imine (C=N–C) groups is 1. The van der Waals surface area contributed by atoms with Gasteiger partial charge in [0.25, 0.3) is 0 Å². The Morgan fingerprint density at radius 3 is 2.38 bits per heavy atom. The summed E-state index contributed by atoms with van der Waals surface area (Å²) < 4.78 is 36.0. The SMILES string of the molecule is CCNC(=NCCCCC(F)(F)F)NC1CCCCC1.I. The summed E-state index contributed by atoms with van der Waals surface area (Å²) in [7, 11) is 0. The van der Waals surface area contributed by atoms with Crippen molar-refractivity contribution < 1.29 is 13.2 Å². The number of nitrogens with one attached hydrogen (secondary N) is 2. The van der Waals surface area contributed by atoms with Crippen molar-refractivity contribution in [3.05, 3.63) is 0 Å². The van der Waals surface area contributed by atoms with E-state index in [1.807, 2.05) is 6.92 Å². The average Bonchev–Trinajstić information content (AvgIpc) is 2.38. The zero-order valence-corrected chi connectivity index (χ0v) is 15.0. The molecule has 21 heavy (non-hydrogen) atoms. The second-order valence-electron chi connectivity index (χ2n) is 5.31. The van der Waals surface area contributed by atoms with E-state index < -0.39 is 12.6 Å². The van der Waals surface area contributed by atoms with Crippen LogP contribution in [0.15, 0.2) is 4.99 Å². The van der Waals surface area contributed by atoms with Crippen LogP contribution in [0.4, 0.5) is 13.2 Å². The highest BCUT2D eigenvalue weighted by atomic mass is 127. The Balaban J connectivity index is 0.00000400. The molecule has 2 N–H and O–H groups in total. The third kappa shape index (κ3) is 11.1. The Morgan fingerprint density at radius 2 is 1.81 bits per heavy atom. The van der Waals surface area contributed by atoms with Crippen LogP contribution in [-0.2, 0) is 0 Å². The molecular formula is C14H27F3IN3. The Bertz CT molecular complexity index is 290. The van der Waals surface area contributed by atoms with Crippen LogP contribution in [0.2, 0.25) is 0 Å². The van der Waals surface area contributed by atoms with Gasteiger partial charge in [0.2, 0.25) is 0 Å². The van der Waals surface area contributed by atoms with Crippen LogP contribution in [0.1, 0.15) is 58.3 Å². The molecule has 0 bridgehead atoms. The van der Waals surface area contributed by atoms with E-state index >= 15 is 0 Å². The molecule has 0 atom stereocenters. The Hall–Kier alpha value is -0.210. The molecule has 7 heteroatoms. The predicted octanol–water partition coefficient (Wildman–Crippen LogP) is 4.22. The van der Waals surface area contributed by atoms with Crippen LogP contribution < -0.4 is 10.6 Å². The quantitative estimate of drug-likeness (QED) is 0.292. The maximum atomic E-state index is 12.0. The van der Waals surface area contributed by atoms with Crippen LogP contribution in [0, 0.1) is 0 Å². The number of halogens is 4. The lowest BCUT2D eigenvalue weighted by atomic mass is 9.96. The maximum Gasteiger partial charge on any atom is 0.389 e. The van der Waals surface area contributed by atoms with Crippen LogP contribution in [-0.4, -0.2) is 31.3 Å². The van der Waals surface area contributed by atoms with Gasteiger partial charge in [0.1, 0.15) is 0 Å². The van der Waals surface area contributed by atoms with Gasteiger partial charge in [-0.15, -0.1) is 24.0 Å². The summed E-state index contributed by atoms with van der Waals surface area (Å²) in [6.45, 7) is 3.20. The first-order valence-electron chi connectivity index (χ1n) is 7.63. The summed E-state index contributed by atoms with van der Waals surface area (Å²) in [6.07, 6.45) is 1.94. The van der Waals surface area contributed by atoms with E-state index in [0.717, 1.165) is 25.3 Å². The topological polar surface area (TPSA) is 36.4 Å². The van der Waals surface area contributed by atoms with Crippen molar-refractivity contribution in [3.63, 3.8) is 0 Å². The van der Waals surface area contributed by atoms with E-state index in [1.165, 1.54) is 19.3 Å². The molecule has 1 aliphatic carbocycles. The molecule has 1 rings (SSSR count). The third-order valence-electron chi connectivity index (χ3n) is 3.43. The number of nitrogens with zero attached hydrogens (tertiary/aromatic N) is 1. The van der Waals surface area contributed by atoms with Gasteiger partial charge in [0.05, 0.1) is 0 Å². The lowest BCUT2D eigenvalue weighted by molar-refractivity contribution is -0.135. The van der Waals surface area contributed by atoms with E-state index in [0.29, 0.717) is 19.0 Å². The summed E-state index contributed by atoms with van der Waals surface area (Å²) >= 11 is 0. The fourth-order valence-corrected chi connectivity index (χ4v) is 2.39. The van der Waals surface area contributed by atoms with Crippen LogP contribution in [0.5, 0.6) is 0 Å². The first-order valence-corrected chi connectivity index (χ1v) is 7.63. The number of hydrogen-bond donors (Lipinski definition) is 2. The normalized spacial score (nSPS) is 17.2. The predicted molar refractivity (Wildman–Crippen MR) is 91.3 cm³/mol. The number of unbranched alkanes of at least 4 members (excludes halogenated alkanes) is 1. The highest BCUT2D eigenvalue weighted by Crippen LogP contribution is 2.22. The number of rotatable bonds is 6. The molecule has 0 saturated heterocycles. The average molecular weight is 421 g/mol. The molecule has 1 saturated carbocycles. The summed E-state index contributed by atoms with van der Waals surface area (Å²) in [5.41, 5.74) is 0. The third-order valence-corrected chi connectivity index (χ3v) is 3.43. The molecule has 0 amide bonds. The lowest BCUT2D eigenvalue weighted by Crippen LogP contribution is -2.44. The molecule has 0 unspecified atom stereocenters. The van der Waals surface area contributed by atoms with Crippen molar-refractivity contribution in [2.24, 2.45) is 4.99 Å². The van der Waals surface area contributed by atoms with Gasteiger partial charge >= 0.3 is 6.18 Å². The number of alkyl halides is 3. The highest BCUT2D eigenvalue weighted by molar-refractivity contribution is 14.0. The van der Waals surface area contributed by atoms with Gasteiger partial charge in [-0.2, -0.15) is 13.2 Å². The minimum atomic E-state index is -4.05. The van der Waals surface area contributed by atoms with Crippen molar-refractivity contribution >= 4 is 29.9 Å². The smallest absolute Gasteiger partial charge is 0.357 e. The molecule has 3 nitrogen and oxygen atoms in total. The molecule has 0 aromatic carbocycles. The molecule has 0 spiro atoms. The van der Waals surface area contributed by atoms with Gasteiger partial charge in [-0.3, -0.25) is 4.99 Å². The molecule has 1 fully saturated rings. The minimum Gasteiger partial charge on any atom is -0.357 e. The second kappa shape index (κ2) is 11.4. The lowest BCUT2D eigenvalue weighted by Gasteiger charge is -2.24. The maximum absolute atomic E-state index is 12.0. The Morgan fingerprint density at radius 1 is 1.14 bits per heavy atom. The summed E-state index contributed by atoms with van der Waals surface area (Å²) in [4.78, 5) is 4.35. The zero-order valence-electron chi connectivity index (χ0n) is 12.6. The van der Waals surface area contributed by atoms with Crippen molar-refractivity contribution in [1.29, 1.82) is 0 Å². The van der Waals surface area contributed by atoms with Gasteiger partial charge < -0.3 is 10.6 Å².